The van der Waals surface area contributed by atoms with Crippen LogP contribution in [0.2, 0.25) is 0 Å². The molecular formula is C19H27N3O. The van der Waals surface area contributed by atoms with Gasteiger partial charge in [-0.3, -0.25) is 4.99 Å². The van der Waals surface area contributed by atoms with Gasteiger partial charge < -0.3 is 15.4 Å². The zero-order valence-electron chi connectivity index (χ0n) is 14.0. The average Bonchev–Trinajstić information content (AvgIpc) is 3.47. The molecule has 1 aromatic rings. The fourth-order valence-electron chi connectivity index (χ4n) is 3.18. The van der Waals surface area contributed by atoms with Crippen LogP contribution in [0.4, 0.5) is 0 Å². The minimum Gasteiger partial charge on any atom is -0.489 e. The molecule has 0 amide bonds. The number of nitrogens with zero attached hydrogens (tertiary/aromatic N) is 1. The molecule has 0 aromatic heterocycles. The summed E-state index contributed by atoms with van der Waals surface area (Å²) in [7, 11) is 1.83. The number of para-hydroxylation sites is 1. The number of rotatable bonds is 8. The third-order valence-corrected chi connectivity index (χ3v) is 4.94. The molecule has 0 aliphatic heterocycles. The number of aliphatic imine (C=N–C) groups is 1. The molecule has 0 saturated heterocycles. The van der Waals surface area contributed by atoms with Crippen molar-refractivity contribution < 1.29 is 4.74 Å². The second-order valence-electron chi connectivity index (χ2n) is 6.62. The number of hydrogen-bond donors (Lipinski definition) is 2. The van der Waals surface area contributed by atoms with Crippen molar-refractivity contribution in [1.82, 2.24) is 10.6 Å². The molecule has 2 saturated carbocycles. The lowest BCUT2D eigenvalue weighted by atomic mass is 10.0. The van der Waals surface area contributed by atoms with Gasteiger partial charge in [-0.05, 0) is 43.1 Å². The molecule has 0 radical (unpaired) electrons. The van der Waals surface area contributed by atoms with Gasteiger partial charge in [-0.15, -0.1) is 0 Å². The lowest BCUT2D eigenvalue weighted by Crippen LogP contribution is -2.40. The van der Waals surface area contributed by atoms with Crippen LogP contribution in [0.3, 0.4) is 0 Å². The highest BCUT2D eigenvalue weighted by Gasteiger charge is 2.53. The van der Waals surface area contributed by atoms with Gasteiger partial charge >= 0.3 is 0 Å². The van der Waals surface area contributed by atoms with Crippen molar-refractivity contribution >= 4 is 5.96 Å². The summed E-state index contributed by atoms with van der Waals surface area (Å²) in [5, 5.41) is 6.90. The molecule has 124 valence electrons. The summed E-state index contributed by atoms with van der Waals surface area (Å²) in [6.07, 6.45) is 7.35. The number of ether oxygens (including phenoxy) is 1. The number of hydrogen-bond acceptors (Lipinski definition) is 2. The first-order valence-electron chi connectivity index (χ1n) is 8.53. The first-order chi connectivity index (χ1) is 11.3. The van der Waals surface area contributed by atoms with Gasteiger partial charge in [-0.1, -0.05) is 30.9 Å². The predicted molar refractivity (Wildman–Crippen MR) is 94.7 cm³/mol. The highest BCUT2D eigenvalue weighted by molar-refractivity contribution is 5.79. The van der Waals surface area contributed by atoms with E-state index in [1.54, 1.807) is 6.08 Å². The van der Waals surface area contributed by atoms with E-state index in [0.29, 0.717) is 18.6 Å². The molecule has 2 fully saturated rings. The van der Waals surface area contributed by atoms with E-state index < -0.39 is 0 Å². The summed E-state index contributed by atoms with van der Waals surface area (Å²) in [6.45, 7) is 5.96. The Bertz CT molecular complexity index is 574. The van der Waals surface area contributed by atoms with Gasteiger partial charge in [0.15, 0.2) is 5.96 Å². The minimum atomic E-state index is 0.522. The van der Waals surface area contributed by atoms with Crippen molar-refractivity contribution in [3.05, 3.63) is 42.5 Å². The van der Waals surface area contributed by atoms with Crippen molar-refractivity contribution in [1.29, 1.82) is 0 Å². The third kappa shape index (κ3) is 4.06. The van der Waals surface area contributed by atoms with E-state index in [1.807, 2.05) is 25.2 Å². The number of nitrogens with one attached hydrogen (secondary N) is 2. The van der Waals surface area contributed by atoms with Crippen molar-refractivity contribution in [2.24, 2.45) is 16.3 Å². The smallest absolute Gasteiger partial charge is 0.191 e. The molecular weight excluding hydrogens is 286 g/mol. The van der Waals surface area contributed by atoms with Gasteiger partial charge in [-0.2, -0.15) is 0 Å². The number of guanidine groups is 1. The van der Waals surface area contributed by atoms with E-state index in [-0.39, 0.29) is 0 Å². The van der Waals surface area contributed by atoms with E-state index in [2.05, 4.69) is 28.3 Å². The Morgan fingerprint density at radius 3 is 2.78 bits per heavy atom. The Labute approximate surface area is 139 Å². The van der Waals surface area contributed by atoms with E-state index in [9.17, 15) is 0 Å². The summed E-state index contributed by atoms with van der Waals surface area (Å²) in [6, 6.07) is 8.08. The van der Waals surface area contributed by atoms with Gasteiger partial charge in [0.05, 0.1) is 0 Å². The predicted octanol–water partition coefficient (Wildman–Crippen LogP) is 3.11. The molecule has 0 bridgehead atoms. The molecule has 4 nitrogen and oxygen atoms in total. The fraction of sp³-hybridized carbons (Fsp3) is 0.526. The molecule has 4 heteroatoms. The first-order valence-corrected chi connectivity index (χ1v) is 8.53. The van der Waals surface area contributed by atoms with Crippen LogP contribution in [0, 0.1) is 11.3 Å². The summed E-state index contributed by atoms with van der Waals surface area (Å²) < 4.78 is 5.70. The third-order valence-electron chi connectivity index (χ3n) is 4.94. The largest absolute Gasteiger partial charge is 0.489 e. The monoisotopic (exact) mass is 313 g/mol. The molecule has 1 aromatic carbocycles. The maximum atomic E-state index is 5.70. The Hall–Kier alpha value is -1.97. The maximum Gasteiger partial charge on any atom is 0.191 e. The van der Waals surface area contributed by atoms with Crippen LogP contribution in [0.5, 0.6) is 5.75 Å². The second kappa shape index (κ2) is 7.07. The topological polar surface area (TPSA) is 45.6 Å². The van der Waals surface area contributed by atoms with Crippen LogP contribution in [-0.4, -0.2) is 26.2 Å². The summed E-state index contributed by atoms with van der Waals surface area (Å²) in [5.41, 5.74) is 1.70. The molecule has 3 rings (SSSR count). The Kier molecular flexibility index (Phi) is 4.89. The van der Waals surface area contributed by atoms with Gasteiger partial charge in [0.1, 0.15) is 12.4 Å². The molecule has 0 heterocycles. The van der Waals surface area contributed by atoms with Crippen LogP contribution in [0.25, 0.3) is 0 Å². The standard InChI is InChI=1S/C19H27N3O/c1-3-12-23-17-7-5-4-6-15(17)13-21-18(20-2)22-14-19(10-11-19)16-8-9-16/h3-7,16H,1,8-14H2,2H3,(H2,20,21,22). The normalized spacial score (nSPS) is 19.1. The zero-order chi connectivity index (χ0) is 16.1. The lowest BCUT2D eigenvalue weighted by Gasteiger charge is -2.18. The Balaban J connectivity index is 1.51. The SMILES string of the molecule is C=CCOc1ccccc1CNC(=NC)NCC1(C2CC2)CC1. The average molecular weight is 313 g/mol. The minimum absolute atomic E-state index is 0.522. The van der Waals surface area contributed by atoms with Crippen LogP contribution in [0.15, 0.2) is 41.9 Å². The molecule has 23 heavy (non-hydrogen) atoms. The van der Waals surface area contributed by atoms with Crippen molar-refractivity contribution in [2.75, 3.05) is 20.2 Å². The molecule has 2 N–H and O–H groups in total. The van der Waals surface area contributed by atoms with Crippen LogP contribution >= 0.6 is 0 Å². The van der Waals surface area contributed by atoms with E-state index >= 15 is 0 Å². The van der Waals surface area contributed by atoms with E-state index in [4.69, 9.17) is 4.74 Å². The van der Waals surface area contributed by atoms with Gasteiger partial charge in [0.25, 0.3) is 0 Å². The highest BCUT2D eigenvalue weighted by atomic mass is 16.5. The van der Waals surface area contributed by atoms with Gasteiger partial charge in [-0.25, -0.2) is 0 Å². The van der Waals surface area contributed by atoms with Crippen molar-refractivity contribution in [2.45, 2.75) is 32.2 Å². The van der Waals surface area contributed by atoms with Crippen LogP contribution < -0.4 is 15.4 Å². The van der Waals surface area contributed by atoms with Crippen LogP contribution in [0.1, 0.15) is 31.2 Å². The molecule has 0 atom stereocenters. The van der Waals surface area contributed by atoms with Gasteiger partial charge in [0.2, 0.25) is 0 Å². The summed E-state index contributed by atoms with van der Waals surface area (Å²) >= 11 is 0. The zero-order valence-corrected chi connectivity index (χ0v) is 14.0. The molecule has 0 spiro atoms. The van der Waals surface area contributed by atoms with Crippen LogP contribution in [-0.2, 0) is 6.54 Å². The van der Waals surface area contributed by atoms with Gasteiger partial charge in [0, 0.05) is 25.7 Å². The maximum absolute atomic E-state index is 5.70. The van der Waals surface area contributed by atoms with Crippen molar-refractivity contribution in [3.63, 3.8) is 0 Å². The van der Waals surface area contributed by atoms with E-state index in [0.717, 1.165) is 29.7 Å². The lowest BCUT2D eigenvalue weighted by molar-refractivity contribution is 0.358. The Morgan fingerprint density at radius 2 is 2.13 bits per heavy atom. The first kappa shape index (κ1) is 15.9. The summed E-state index contributed by atoms with van der Waals surface area (Å²) in [4.78, 5) is 4.34. The fourth-order valence-corrected chi connectivity index (χ4v) is 3.18. The Morgan fingerprint density at radius 1 is 1.35 bits per heavy atom. The quantitative estimate of drug-likeness (QED) is 0.440. The number of benzene rings is 1. The van der Waals surface area contributed by atoms with E-state index in [1.165, 1.54) is 25.7 Å². The van der Waals surface area contributed by atoms with Crippen molar-refractivity contribution in [3.8, 4) is 5.75 Å². The molecule has 2 aliphatic rings. The second-order valence-corrected chi connectivity index (χ2v) is 6.62. The molecule has 2 aliphatic carbocycles. The molecule has 0 unspecified atom stereocenters. The summed E-state index contributed by atoms with van der Waals surface area (Å²) in [5.74, 6) is 2.73. The highest BCUT2D eigenvalue weighted by Crippen LogP contribution is 2.60.